The van der Waals surface area contributed by atoms with Gasteiger partial charge in [0.15, 0.2) is 0 Å². The second kappa shape index (κ2) is 18.8. The van der Waals surface area contributed by atoms with E-state index in [9.17, 15) is 9.59 Å². The van der Waals surface area contributed by atoms with Gasteiger partial charge in [-0.15, -0.1) is 24.8 Å². The maximum Gasteiger partial charge on any atom is 0.245 e. The van der Waals surface area contributed by atoms with Crippen molar-refractivity contribution in [2.45, 2.75) is 115 Å². The Morgan fingerprint density at radius 3 is 2.02 bits per heavy atom. The number of rotatable bonds is 11. The van der Waals surface area contributed by atoms with Gasteiger partial charge >= 0.3 is 0 Å². The van der Waals surface area contributed by atoms with Crippen LogP contribution in [0.25, 0.3) is 0 Å². The average Bonchev–Trinajstić information content (AvgIpc) is 3.48. The maximum absolute atomic E-state index is 14.1. The lowest BCUT2D eigenvalue weighted by Gasteiger charge is -2.43. The van der Waals surface area contributed by atoms with E-state index in [0.29, 0.717) is 23.9 Å². The number of hydrogen-bond donors (Lipinski definition) is 2. The minimum Gasteiger partial charge on any atom is -0.344 e. The molecule has 2 amide bonds. The minimum atomic E-state index is -0.595. The number of fused-ring (bicyclic) bond motifs is 1. The van der Waals surface area contributed by atoms with Crippen LogP contribution in [0.15, 0.2) is 48.5 Å². The number of piperazine rings is 1. The first-order chi connectivity index (χ1) is 22.0. The van der Waals surface area contributed by atoms with Crippen molar-refractivity contribution in [3.63, 3.8) is 0 Å². The van der Waals surface area contributed by atoms with E-state index in [1.54, 1.807) is 0 Å². The van der Waals surface area contributed by atoms with E-state index in [1.165, 1.54) is 88.2 Å². The molecule has 260 valence electrons. The fourth-order valence-corrected chi connectivity index (χ4v) is 8.72. The molecule has 2 unspecified atom stereocenters. The first-order valence-corrected chi connectivity index (χ1v) is 18.3. The Labute approximate surface area is 300 Å². The van der Waals surface area contributed by atoms with Crippen LogP contribution >= 0.6 is 36.4 Å². The molecule has 2 atom stereocenters. The highest BCUT2D eigenvalue weighted by Crippen LogP contribution is 2.35. The molecule has 6 rings (SSSR count). The van der Waals surface area contributed by atoms with E-state index in [0.717, 1.165) is 50.1 Å². The number of carbonyl (C=O) groups excluding carboxylic acids is 2. The number of benzene rings is 2. The first-order valence-electron chi connectivity index (χ1n) is 17.9. The SMILES string of the molecule is Cl.Cl.O=C(CC1NCc2ccccc21)NC(Cc1ccc(Cl)cc1)C(=O)N1CCN(C(CC2CCCCC2)CC2CCCCC2)CC1. The Hall–Kier alpha value is -1.83. The first kappa shape index (κ1) is 38.0. The zero-order valence-corrected chi connectivity index (χ0v) is 30.2. The minimum absolute atomic E-state index is 0. The van der Waals surface area contributed by atoms with Crippen LogP contribution in [0.2, 0.25) is 5.02 Å². The lowest BCUT2D eigenvalue weighted by atomic mass is 9.79. The second-order valence-electron chi connectivity index (χ2n) is 14.3. The molecule has 2 saturated carbocycles. The molecule has 2 heterocycles. The summed E-state index contributed by atoms with van der Waals surface area (Å²) in [5.41, 5.74) is 3.42. The number of carbonyl (C=O) groups is 2. The van der Waals surface area contributed by atoms with Crippen LogP contribution in [0.3, 0.4) is 0 Å². The standard InChI is InChI=1S/C38H53ClN4O2.2ClH/c39-32-17-15-30(16-18-32)25-36(41-37(44)26-35-34-14-8-7-13-31(34)27-40-35)38(45)43-21-19-42(20-22-43)33(23-28-9-3-1-4-10-28)24-29-11-5-2-6-12-29;;/h7-8,13-18,28-29,33,35-36,40H,1-6,9-12,19-27H2,(H,41,44);2*1H. The molecule has 47 heavy (non-hydrogen) atoms. The van der Waals surface area contributed by atoms with Gasteiger partial charge in [-0.1, -0.05) is 112 Å². The van der Waals surface area contributed by atoms with Gasteiger partial charge in [-0.3, -0.25) is 14.5 Å². The predicted molar refractivity (Wildman–Crippen MR) is 197 cm³/mol. The lowest BCUT2D eigenvalue weighted by Crippen LogP contribution is -2.57. The monoisotopic (exact) mass is 704 g/mol. The van der Waals surface area contributed by atoms with Crippen molar-refractivity contribution in [2.75, 3.05) is 26.2 Å². The van der Waals surface area contributed by atoms with Crippen molar-refractivity contribution in [3.05, 3.63) is 70.2 Å². The third-order valence-corrected chi connectivity index (χ3v) is 11.4. The molecule has 0 bridgehead atoms. The van der Waals surface area contributed by atoms with Gasteiger partial charge in [0.05, 0.1) is 0 Å². The van der Waals surface area contributed by atoms with Crippen LogP contribution in [-0.4, -0.2) is 59.9 Å². The molecular formula is C38H55Cl3N4O2. The van der Waals surface area contributed by atoms with E-state index in [2.05, 4.69) is 27.7 Å². The smallest absolute Gasteiger partial charge is 0.245 e. The fraction of sp³-hybridized carbons (Fsp3) is 0.632. The molecule has 1 saturated heterocycles. The third-order valence-electron chi connectivity index (χ3n) is 11.1. The lowest BCUT2D eigenvalue weighted by molar-refractivity contribution is -0.138. The number of nitrogens with zero attached hydrogens (tertiary/aromatic N) is 2. The summed E-state index contributed by atoms with van der Waals surface area (Å²) in [5.74, 6) is 1.68. The topological polar surface area (TPSA) is 64.7 Å². The number of nitrogens with one attached hydrogen (secondary N) is 2. The Morgan fingerprint density at radius 1 is 0.809 bits per heavy atom. The molecule has 0 aromatic heterocycles. The maximum atomic E-state index is 14.1. The summed E-state index contributed by atoms with van der Waals surface area (Å²) in [4.78, 5) is 32.3. The zero-order chi connectivity index (χ0) is 31.0. The highest BCUT2D eigenvalue weighted by molar-refractivity contribution is 6.30. The molecule has 2 aromatic carbocycles. The molecule has 2 aromatic rings. The van der Waals surface area contributed by atoms with Gasteiger partial charge in [-0.05, 0) is 53.5 Å². The average molecular weight is 706 g/mol. The molecule has 2 N–H and O–H groups in total. The summed E-state index contributed by atoms with van der Waals surface area (Å²) in [6.07, 6.45) is 17.4. The van der Waals surface area contributed by atoms with Crippen LogP contribution in [0.1, 0.15) is 106 Å². The highest BCUT2D eigenvalue weighted by Gasteiger charge is 2.34. The van der Waals surface area contributed by atoms with Crippen molar-refractivity contribution >= 4 is 48.2 Å². The van der Waals surface area contributed by atoms with E-state index in [4.69, 9.17) is 11.6 Å². The van der Waals surface area contributed by atoms with Gasteiger partial charge in [0.1, 0.15) is 6.04 Å². The Balaban J connectivity index is 0.00000250. The van der Waals surface area contributed by atoms with Gasteiger partial charge in [0.25, 0.3) is 0 Å². The summed E-state index contributed by atoms with van der Waals surface area (Å²) in [7, 11) is 0. The molecule has 3 fully saturated rings. The molecule has 2 aliphatic heterocycles. The van der Waals surface area contributed by atoms with E-state index < -0.39 is 6.04 Å². The van der Waals surface area contributed by atoms with Crippen molar-refractivity contribution in [1.82, 2.24) is 20.4 Å². The van der Waals surface area contributed by atoms with Crippen LogP contribution < -0.4 is 10.6 Å². The van der Waals surface area contributed by atoms with Crippen molar-refractivity contribution in [3.8, 4) is 0 Å². The summed E-state index contributed by atoms with van der Waals surface area (Å²) < 4.78 is 0. The van der Waals surface area contributed by atoms with Crippen LogP contribution in [0.5, 0.6) is 0 Å². The summed E-state index contributed by atoms with van der Waals surface area (Å²) in [6, 6.07) is 15.9. The summed E-state index contributed by atoms with van der Waals surface area (Å²) >= 11 is 6.16. The number of amides is 2. The fourth-order valence-electron chi connectivity index (χ4n) is 8.59. The van der Waals surface area contributed by atoms with Crippen LogP contribution in [0, 0.1) is 11.8 Å². The molecule has 0 radical (unpaired) electrons. The van der Waals surface area contributed by atoms with Crippen LogP contribution in [0.4, 0.5) is 0 Å². The molecule has 0 spiro atoms. The normalized spacial score (nSPS) is 21.4. The van der Waals surface area contributed by atoms with Crippen molar-refractivity contribution in [1.29, 1.82) is 0 Å². The second-order valence-corrected chi connectivity index (χ2v) is 14.7. The van der Waals surface area contributed by atoms with Gasteiger partial charge in [-0.2, -0.15) is 0 Å². The Bertz CT molecular complexity index is 1240. The summed E-state index contributed by atoms with van der Waals surface area (Å²) in [6.45, 7) is 4.10. The molecule has 9 heteroatoms. The van der Waals surface area contributed by atoms with Gasteiger partial charge in [0.2, 0.25) is 11.8 Å². The van der Waals surface area contributed by atoms with E-state index >= 15 is 0 Å². The van der Waals surface area contributed by atoms with Crippen molar-refractivity contribution in [2.24, 2.45) is 11.8 Å². The summed E-state index contributed by atoms with van der Waals surface area (Å²) in [5, 5.41) is 7.30. The molecule has 6 nitrogen and oxygen atoms in total. The molecule has 2 aliphatic carbocycles. The predicted octanol–water partition coefficient (Wildman–Crippen LogP) is 7.90. The number of halogens is 3. The third kappa shape index (κ3) is 10.6. The van der Waals surface area contributed by atoms with Gasteiger partial charge in [0, 0.05) is 62.7 Å². The van der Waals surface area contributed by atoms with Gasteiger partial charge in [-0.25, -0.2) is 0 Å². The number of hydrogen-bond acceptors (Lipinski definition) is 4. The van der Waals surface area contributed by atoms with Gasteiger partial charge < -0.3 is 15.5 Å². The molecular weight excluding hydrogens is 651 g/mol. The molecule has 4 aliphatic rings. The Kier molecular flexibility index (Phi) is 15.2. The van der Waals surface area contributed by atoms with Crippen molar-refractivity contribution < 1.29 is 9.59 Å². The largest absolute Gasteiger partial charge is 0.344 e. The van der Waals surface area contributed by atoms with E-state index in [-0.39, 0.29) is 42.7 Å². The zero-order valence-electron chi connectivity index (χ0n) is 27.8. The van der Waals surface area contributed by atoms with Crippen LogP contribution in [-0.2, 0) is 22.6 Å². The Morgan fingerprint density at radius 2 is 1.40 bits per heavy atom. The quantitative estimate of drug-likeness (QED) is 0.250. The van der Waals surface area contributed by atoms with E-state index in [1.807, 2.05) is 41.3 Å². The highest BCUT2D eigenvalue weighted by atomic mass is 35.5.